The van der Waals surface area contributed by atoms with Crippen LogP contribution in [0.4, 0.5) is 0 Å². The van der Waals surface area contributed by atoms with Gasteiger partial charge in [0.2, 0.25) is 0 Å². The van der Waals surface area contributed by atoms with Gasteiger partial charge in [0.25, 0.3) is 0 Å². The van der Waals surface area contributed by atoms with Crippen LogP contribution in [0.5, 0.6) is 5.75 Å². The number of ether oxygens (including phenoxy) is 1. The smallest absolute Gasteiger partial charge is 0.197 e. The van der Waals surface area contributed by atoms with E-state index in [4.69, 9.17) is 27.9 Å². The molecule has 16 heavy (non-hydrogen) atoms. The highest BCUT2D eigenvalue weighted by molar-refractivity contribution is 6.34. The van der Waals surface area contributed by atoms with Crippen molar-refractivity contribution in [3.8, 4) is 5.75 Å². The molecule has 0 atom stereocenters. The Bertz CT molecular complexity index is 405. The van der Waals surface area contributed by atoms with Crippen LogP contribution < -0.4 is 4.74 Å². The molecule has 0 saturated carbocycles. The molecule has 0 radical (unpaired) electrons. The normalized spacial score (nSPS) is 11.4. The summed E-state index contributed by atoms with van der Waals surface area (Å²) in [5.41, 5.74) is 0. The fraction of sp³-hybridized carbons (Fsp3) is 0.250. The van der Waals surface area contributed by atoms with Crippen LogP contribution in [-0.2, 0) is 4.79 Å². The van der Waals surface area contributed by atoms with Crippen LogP contribution in [0, 0.1) is 0 Å². The van der Waals surface area contributed by atoms with Crippen molar-refractivity contribution in [2.75, 3.05) is 0 Å². The van der Waals surface area contributed by atoms with Gasteiger partial charge in [-0.15, -0.1) is 0 Å². The molecule has 86 valence electrons. The molecular formula is C12H12Cl2O2. The first kappa shape index (κ1) is 13.1. The fourth-order valence-electron chi connectivity index (χ4n) is 1.17. The first-order chi connectivity index (χ1) is 7.56. The third kappa shape index (κ3) is 3.54. The van der Waals surface area contributed by atoms with Crippen LogP contribution in [0.25, 0.3) is 0 Å². The Labute approximate surface area is 105 Å². The van der Waals surface area contributed by atoms with Crippen LogP contribution in [0.2, 0.25) is 10.0 Å². The second-order valence-electron chi connectivity index (χ2n) is 3.14. The van der Waals surface area contributed by atoms with Crippen molar-refractivity contribution in [3.63, 3.8) is 0 Å². The number of benzene rings is 1. The van der Waals surface area contributed by atoms with Gasteiger partial charge in [-0.2, -0.15) is 0 Å². The molecule has 0 amide bonds. The standard InChI is InChI=1S/C12H12Cl2O2/c1-3-11(15)12(4-2)16-10-6-8(13)5-9(14)7-10/h4-7H,3H2,1-2H3. The molecule has 1 rings (SSSR count). The lowest BCUT2D eigenvalue weighted by atomic mass is 10.2. The summed E-state index contributed by atoms with van der Waals surface area (Å²) in [6.45, 7) is 3.52. The Hall–Kier alpha value is -0.990. The first-order valence-corrected chi connectivity index (χ1v) is 5.66. The molecular weight excluding hydrogens is 247 g/mol. The van der Waals surface area contributed by atoms with Crippen molar-refractivity contribution in [2.24, 2.45) is 0 Å². The molecule has 0 fully saturated rings. The number of hydrogen-bond acceptors (Lipinski definition) is 2. The van der Waals surface area contributed by atoms with Crippen LogP contribution in [-0.4, -0.2) is 5.78 Å². The van der Waals surface area contributed by atoms with E-state index in [2.05, 4.69) is 0 Å². The largest absolute Gasteiger partial charge is 0.454 e. The molecule has 0 unspecified atom stereocenters. The lowest BCUT2D eigenvalue weighted by Gasteiger charge is -2.08. The summed E-state index contributed by atoms with van der Waals surface area (Å²) in [5.74, 6) is 0.715. The Morgan fingerprint density at radius 1 is 1.31 bits per heavy atom. The van der Waals surface area contributed by atoms with E-state index in [1.54, 1.807) is 38.1 Å². The molecule has 0 N–H and O–H groups in total. The Morgan fingerprint density at radius 3 is 2.31 bits per heavy atom. The molecule has 1 aromatic rings. The maximum absolute atomic E-state index is 11.5. The first-order valence-electron chi connectivity index (χ1n) is 4.90. The van der Waals surface area contributed by atoms with Gasteiger partial charge < -0.3 is 4.74 Å². The van der Waals surface area contributed by atoms with Crippen molar-refractivity contribution in [3.05, 3.63) is 40.1 Å². The van der Waals surface area contributed by atoms with Crippen molar-refractivity contribution < 1.29 is 9.53 Å². The highest BCUT2D eigenvalue weighted by atomic mass is 35.5. The summed E-state index contributed by atoms with van der Waals surface area (Å²) in [6, 6.07) is 4.83. The lowest BCUT2D eigenvalue weighted by Crippen LogP contribution is -2.07. The van der Waals surface area contributed by atoms with Crippen LogP contribution in [0.15, 0.2) is 30.0 Å². The van der Waals surface area contributed by atoms with E-state index in [1.807, 2.05) is 0 Å². The molecule has 0 heterocycles. The molecule has 0 aliphatic heterocycles. The van der Waals surface area contributed by atoms with E-state index in [0.29, 0.717) is 28.0 Å². The van der Waals surface area contributed by atoms with E-state index >= 15 is 0 Å². The number of rotatable bonds is 4. The number of carbonyl (C=O) groups excluding carboxylic acids is 1. The molecule has 1 aromatic carbocycles. The zero-order valence-electron chi connectivity index (χ0n) is 9.09. The third-order valence-corrected chi connectivity index (χ3v) is 2.36. The molecule has 2 nitrogen and oxygen atoms in total. The van der Waals surface area contributed by atoms with E-state index in [-0.39, 0.29) is 5.78 Å². The predicted octanol–water partition coefficient (Wildman–Crippen LogP) is 4.26. The van der Waals surface area contributed by atoms with Crippen molar-refractivity contribution in [1.29, 1.82) is 0 Å². The van der Waals surface area contributed by atoms with Crippen LogP contribution >= 0.6 is 23.2 Å². The highest BCUT2D eigenvalue weighted by Gasteiger charge is 2.09. The zero-order valence-corrected chi connectivity index (χ0v) is 10.6. The molecule has 0 aromatic heterocycles. The summed E-state index contributed by atoms with van der Waals surface area (Å²) < 4.78 is 5.42. The quantitative estimate of drug-likeness (QED) is 0.596. The minimum atomic E-state index is -0.0569. The van der Waals surface area contributed by atoms with Crippen molar-refractivity contribution in [1.82, 2.24) is 0 Å². The summed E-state index contributed by atoms with van der Waals surface area (Å²) in [7, 11) is 0. The third-order valence-electron chi connectivity index (χ3n) is 1.92. The number of carbonyl (C=O) groups is 1. The average Bonchev–Trinajstić information content (AvgIpc) is 2.23. The summed E-state index contributed by atoms with van der Waals surface area (Å²) >= 11 is 11.6. The van der Waals surface area contributed by atoms with Gasteiger partial charge in [0.1, 0.15) is 5.75 Å². The van der Waals surface area contributed by atoms with Gasteiger partial charge in [-0.25, -0.2) is 0 Å². The molecule has 4 heteroatoms. The summed E-state index contributed by atoms with van der Waals surface area (Å²) in [4.78, 5) is 11.5. The second kappa shape index (κ2) is 5.92. The maximum Gasteiger partial charge on any atom is 0.197 e. The van der Waals surface area contributed by atoms with E-state index in [0.717, 1.165) is 0 Å². The Morgan fingerprint density at radius 2 is 1.88 bits per heavy atom. The number of allylic oxidation sites excluding steroid dienone is 2. The van der Waals surface area contributed by atoms with Gasteiger partial charge in [0, 0.05) is 16.5 Å². The van der Waals surface area contributed by atoms with Crippen LogP contribution in [0.3, 0.4) is 0 Å². The van der Waals surface area contributed by atoms with Gasteiger partial charge in [-0.3, -0.25) is 4.79 Å². The molecule has 0 saturated heterocycles. The maximum atomic E-state index is 11.5. The Kier molecular flexibility index (Phi) is 4.84. The average molecular weight is 259 g/mol. The van der Waals surface area contributed by atoms with Gasteiger partial charge in [0.05, 0.1) is 0 Å². The summed E-state index contributed by atoms with van der Waals surface area (Å²) in [6.07, 6.45) is 2.02. The summed E-state index contributed by atoms with van der Waals surface area (Å²) in [5, 5.41) is 0.948. The lowest BCUT2D eigenvalue weighted by molar-refractivity contribution is -0.117. The highest BCUT2D eigenvalue weighted by Crippen LogP contribution is 2.25. The number of hydrogen-bond donors (Lipinski definition) is 0. The number of halogens is 2. The van der Waals surface area contributed by atoms with E-state index in [9.17, 15) is 4.79 Å². The SMILES string of the molecule is CC=C(Oc1cc(Cl)cc(Cl)c1)C(=O)CC. The van der Waals surface area contributed by atoms with Gasteiger partial charge in [-0.1, -0.05) is 30.1 Å². The van der Waals surface area contributed by atoms with E-state index < -0.39 is 0 Å². The van der Waals surface area contributed by atoms with E-state index in [1.165, 1.54) is 0 Å². The van der Waals surface area contributed by atoms with Gasteiger partial charge >= 0.3 is 0 Å². The molecule has 0 bridgehead atoms. The Balaban J connectivity index is 2.91. The van der Waals surface area contributed by atoms with Crippen molar-refractivity contribution >= 4 is 29.0 Å². The van der Waals surface area contributed by atoms with Gasteiger partial charge in [-0.05, 0) is 31.2 Å². The fourth-order valence-corrected chi connectivity index (χ4v) is 1.67. The number of ketones is 1. The van der Waals surface area contributed by atoms with Gasteiger partial charge in [0.15, 0.2) is 11.5 Å². The van der Waals surface area contributed by atoms with Crippen LogP contribution in [0.1, 0.15) is 20.3 Å². The van der Waals surface area contributed by atoms with Crippen molar-refractivity contribution in [2.45, 2.75) is 20.3 Å². The zero-order chi connectivity index (χ0) is 12.1. The molecule has 0 aliphatic carbocycles. The minimum absolute atomic E-state index is 0.0569. The number of Topliss-reactive ketones (excluding diaryl/α,β-unsaturated/α-hetero) is 1. The predicted molar refractivity (Wildman–Crippen MR) is 66.1 cm³/mol. The monoisotopic (exact) mass is 258 g/mol. The second-order valence-corrected chi connectivity index (χ2v) is 4.01. The minimum Gasteiger partial charge on any atom is -0.454 e. The molecule has 0 spiro atoms. The molecule has 0 aliphatic rings. The topological polar surface area (TPSA) is 26.3 Å².